The summed E-state index contributed by atoms with van der Waals surface area (Å²) in [6, 6.07) is 14.3. The van der Waals surface area contributed by atoms with Gasteiger partial charge in [-0.25, -0.2) is 4.68 Å². The zero-order valence-corrected chi connectivity index (χ0v) is 12.4. The number of aliphatic carboxylic acids is 1. The molecule has 0 radical (unpaired) electrons. The van der Waals surface area contributed by atoms with Gasteiger partial charge in [0.25, 0.3) is 5.56 Å². The Hall–Kier alpha value is -3.15. The molecule has 3 rings (SSSR count). The number of nitrogens with zero attached hydrogens (tertiary/aromatic N) is 2. The Kier molecular flexibility index (Phi) is 3.80. The maximum Gasteiger partial charge on any atom is 0.325 e. The molecule has 0 aliphatic carbocycles. The van der Waals surface area contributed by atoms with Crippen molar-refractivity contribution >= 4 is 16.7 Å². The Morgan fingerprint density at radius 1 is 1.13 bits per heavy atom. The molecule has 116 valence electrons. The van der Waals surface area contributed by atoms with Gasteiger partial charge in [-0.15, -0.1) is 0 Å². The molecule has 0 atom stereocenters. The summed E-state index contributed by atoms with van der Waals surface area (Å²) < 4.78 is 6.11. The standard InChI is InChI=1S/C17H14N2O4/c1-23-12-8-6-11(7-9-12)16-13-4-2-3-5-14(13)17(22)19(18-16)10-15(20)21/h2-9H,10H2,1H3,(H,20,21). The van der Waals surface area contributed by atoms with E-state index in [0.717, 1.165) is 10.2 Å². The minimum absolute atomic E-state index is 0.416. The van der Waals surface area contributed by atoms with E-state index in [1.165, 1.54) is 0 Å². The number of fused-ring (bicyclic) bond motifs is 1. The molecule has 0 aliphatic rings. The van der Waals surface area contributed by atoms with Gasteiger partial charge >= 0.3 is 5.97 Å². The number of benzene rings is 2. The maximum absolute atomic E-state index is 12.4. The van der Waals surface area contributed by atoms with Gasteiger partial charge in [0.15, 0.2) is 0 Å². The van der Waals surface area contributed by atoms with Crippen LogP contribution in [0.1, 0.15) is 0 Å². The van der Waals surface area contributed by atoms with E-state index in [4.69, 9.17) is 9.84 Å². The highest BCUT2D eigenvalue weighted by Crippen LogP contribution is 2.26. The molecule has 0 fully saturated rings. The lowest BCUT2D eigenvalue weighted by Crippen LogP contribution is -2.27. The van der Waals surface area contributed by atoms with Crippen LogP contribution in [0.2, 0.25) is 0 Å². The van der Waals surface area contributed by atoms with Crippen molar-refractivity contribution < 1.29 is 14.6 Å². The number of aromatic nitrogens is 2. The summed E-state index contributed by atoms with van der Waals surface area (Å²) in [5.74, 6) is -0.410. The van der Waals surface area contributed by atoms with Crippen LogP contribution in [-0.2, 0) is 11.3 Å². The van der Waals surface area contributed by atoms with Gasteiger partial charge in [-0.1, -0.05) is 18.2 Å². The summed E-state index contributed by atoms with van der Waals surface area (Å²) in [7, 11) is 1.58. The van der Waals surface area contributed by atoms with Crippen molar-refractivity contribution in [1.82, 2.24) is 9.78 Å². The molecule has 1 N–H and O–H groups in total. The fourth-order valence-electron chi connectivity index (χ4n) is 2.43. The Labute approximate surface area is 131 Å². The molecular weight excluding hydrogens is 296 g/mol. The van der Waals surface area contributed by atoms with Gasteiger partial charge in [-0.2, -0.15) is 5.10 Å². The number of carboxylic acid groups (broad SMARTS) is 1. The van der Waals surface area contributed by atoms with E-state index < -0.39 is 18.1 Å². The first-order chi connectivity index (χ1) is 11.1. The molecule has 0 bridgehead atoms. The van der Waals surface area contributed by atoms with Crippen LogP contribution in [0.15, 0.2) is 53.3 Å². The molecule has 1 aromatic heterocycles. The van der Waals surface area contributed by atoms with Gasteiger partial charge in [0.1, 0.15) is 12.3 Å². The number of ether oxygens (including phenoxy) is 1. The zero-order chi connectivity index (χ0) is 16.4. The first kappa shape index (κ1) is 14.8. The number of rotatable bonds is 4. The van der Waals surface area contributed by atoms with Crippen molar-refractivity contribution in [3.63, 3.8) is 0 Å². The Balaban J connectivity index is 2.27. The third-order valence-corrected chi connectivity index (χ3v) is 3.52. The van der Waals surface area contributed by atoms with E-state index in [9.17, 15) is 9.59 Å². The maximum atomic E-state index is 12.4. The number of hydrogen-bond acceptors (Lipinski definition) is 4. The summed E-state index contributed by atoms with van der Waals surface area (Å²) in [6.45, 7) is -0.479. The second kappa shape index (κ2) is 5.92. The van der Waals surface area contributed by atoms with E-state index in [-0.39, 0.29) is 0 Å². The highest BCUT2D eigenvalue weighted by Gasteiger charge is 2.13. The molecule has 0 unspecified atom stereocenters. The van der Waals surface area contributed by atoms with Crippen LogP contribution in [0, 0.1) is 0 Å². The lowest BCUT2D eigenvalue weighted by Gasteiger charge is -2.10. The third-order valence-electron chi connectivity index (χ3n) is 3.52. The minimum Gasteiger partial charge on any atom is -0.497 e. The van der Waals surface area contributed by atoms with Crippen molar-refractivity contribution in [2.45, 2.75) is 6.54 Å². The highest BCUT2D eigenvalue weighted by molar-refractivity contribution is 5.93. The summed E-state index contributed by atoms with van der Waals surface area (Å²) in [5, 5.41) is 14.3. The third kappa shape index (κ3) is 2.78. The molecule has 23 heavy (non-hydrogen) atoms. The molecule has 6 nitrogen and oxygen atoms in total. The van der Waals surface area contributed by atoms with Gasteiger partial charge in [0, 0.05) is 10.9 Å². The van der Waals surface area contributed by atoms with Crippen molar-refractivity contribution in [3.8, 4) is 17.0 Å². The van der Waals surface area contributed by atoms with Gasteiger partial charge in [-0.3, -0.25) is 9.59 Å². The molecule has 6 heteroatoms. The lowest BCUT2D eigenvalue weighted by molar-refractivity contribution is -0.137. The largest absolute Gasteiger partial charge is 0.497 e. The summed E-state index contributed by atoms with van der Waals surface area (Å²) in [6.07, 6.45) is 0. The lowest BCUT2D eigenvalue weighted by atomic mass is 10.0. The molecule has 0 saturated carbocycles. The second-order valence-corrected chi connectivity index (χ2v) is 4.98. The van der Waals surface area contributed by atoms with E-state index in [2.05, 4.69) is 5.10 Å². The van der Waals surface area contributed by atoms with E-state index in [1.807, 2.05) is 18.2 Å². The number of carboxylic acids is 1. The first-order valence-electron chi connectivity index (χ1n) is 6.96. The molecule has 0 spiro atoms. The van der Waals surface area contributed by atoms with Crippen molar-refractivity contribution in [3.05, 3.63) is 58.9 Å². The smallest absolute Gasteiger partial charge is 0.325 e. The van der Waals surface area contributed by atoms with Crippen LogP contribution in [0.4, 0.5) is 0 Å². The van der Waals surface area contributed by atoms with Gasteiger partial charge < -0.3 is 9.84 Å². The van der Waals surface area contributed by atoms with Crippen molar-refractivity contribution in [2.75, 3.05) is 7.11 Å². The molecule has 0 saturated heterocycles. The number of hydrogen-bond donors (Lipinski definition) is 1. The average Bonchev–Trinajstić information content (AvgIpc) is 2.57. The average molecular weight is 310 g/mol. The first-order valence-corrected chi connectivity index (χ1v) is 6.96. The van der Waals surface area contributed by atoms with E-state index >= 15 is 0 Å². The summed E-state index contributed by atoms with van der Waals surface area (Å²) in [4.78, 5) is 23.3. The molecule has 1 heterocycles. The van der Waals surface area contributed by atoms with Crippen LogP contribution in [0.25, 0.3) is 22.0 Å². The number of methoxy groups -OCH3 is 1. The van der Waals surface area contributed by atoms with Crippen LogP contribution in [0.5, 0.6) is 5.75 Å². The molecule has 0 aliphatic heterocycles. The quantitative estimate of drug-likeness (QED) is 0.798. The van der Waals surface area contributed by atoms with Crippen molar-refractivity contribution in [1.29, 1.82) is 0 Å². The van der Waals surface area contributed by atoms with Gasteiger partial charge in [0.2, 0.25) is 0 Å². The van der Waals surface area contributed by atoms with Crippen LogP contribution >= 0.6 is 0 Å². The summed E-state index contributed by atoms with van der Waals surface area (Å²) >= 11 is 0. The van der Waals surface area contributed by atoms with Gasteiger partial charge in [-0.05, 0) is 30.3 Å². The van der Waals surface area contributed by atoms with Crippen molar-refractivity contribution in [2.24, 2.45) is 0 Å². The normalized spacial score (nSPS) is 10.7. The van der Waals surface area contributed by atoms with Crippen LogP contribution in [-0.4, -0.2) is 28.0 Å². The Morgan fingerprint density at radius 2 is 1.78 bits per heavy atom. The van der Waals surface area contributed by atoms with E-state index in [0.29, 0.717) is 22.2 Å². The molecular formula is C17H14N2O4. The Bertz CT molecular complexity index is 929. The molecule has 2 aromatic carbocycles. The predicted molar refractivity (Wildman–Crippen MR) is 85.6 cm³/mol. The Morgan fingerprint density at radius 3 is 2.39 bits per heavy atom. The minimum atomic E-state index is -1.12. The second-order valence-electron chi connectivity index (χ2n) is 4.98. The van der Waals surface area contributed by atoms with Crippen LogP contribution < -0.4 is 10.3 Å². The highest BCUT2D eigenvalue weighted by atomic mass is 16.5. The molecule has 0 amide bonds. The predicted octanol–water partition coefficient (Wildman–Crippen LogP) is 2.16. The monoisotopic (exact) mass is 310 g/mol. The fraction of sp³-hybridized carbons (Fsp3) is 0.118. The van der Waals surface area contributed by atoms with Gasteiger partial charge in [0.05, 0.1) is 18.2 Å². The molecule has 3 aromatic rings. The van der Waals surface area contributed by atoms with E-state index in [1.54, 1.807) is 37.4 Å². The van der Waals surface area contributed by atoms with Crippen LogP contribution in [0.3, 0.4) is 0 Å². The number of carbonyl (C=O) groups is 1. The topological polar surface area (TPSA) is 81.4 Å². The summed E-state index contributed by atoms with van der Waals surface area (Å²) in [5.41, 5.74) is 0.922. The zero-order valence-electron chi connectivity index (χ0n) is 12.4. The SMILES string of the molecule is COc1ccc(-c2nn(CC(=O)O)c(=O)c3ccccc23)cc1. The fourth-order valence-corrected chi connectivity index (χ4v) is 2.43.